The molecule has 2 aromatic rings. The van der Waals surface area contributed by atoms with Gasteiger partial charge in [-0.15, -0.1) is 0 Å². The van der Waals surface area contributed by atoms with E-state index in [0.29, 0.717) is 11.3 Å². The minimum atomic E-state index is -3.77. The summed E-state index contributed by atoms with van der Waals surface area (Å²) in [7, 11) is -3.77. The number of nitrogens with one attached hydrogen (secondary N) is 1. The van der Waals surface area contributed by atoms with Crippen LogP contribution in [0.4, 0.5) is 0 Å². The second kappa shape index (κ2) is 7.20. The Morgan fingerprint density at radius 1 is 1.27 bits per heavy atom. The molecule has 1 aromatic carbocycles. The van der Waals surface area contributed by atoms with Crippen LogP contribution < -0.4 is 10.5 Å². The minimum absolute atomic E-state index is 0.0170. The van der Waals surface area contributed by atoms with Gasteiger partial charge in [-0.25, -0.2) is 13.6 Å². The summed E-state index contributed by atoms with van der Waals surface area (Å²) in [6.07, 6.45) is 0. The average Bonchev–Trinajstić information content (AvgIpc) is 2.98. The smallest absolute Gasteiger partial charge is 0.272 e. The highest BCUT2D eigenvalue weighted by Gasteiger charge is 2.23. The van der Waals surface area contributed by atoms with E-state index < -0.39 is 10.0 Å². The molecule has 0 saturated carbocycles. The van der Waals surface area contributed by atoms with Crippen LogP contribution in [0.25, 0.3) is 0 Å². The van der Waals surface area contributed by atoms with E-state index in [1.807, 2.05) is 25.5 Å². The maximum Gasteiger partial charge on any atom is 0.272 e. The molecule has 0 unspecified atom stereocenters. The van der Waals surface area contributed by atoms with Crippen LogP contribution in [0.5, 0.6) is 0 Å². The molecule has 0 spiro atoms. The minimum Gasteiger partial charge on any atom is -0.347 e. The number of carbonyl (C=O) groups is 1. The first-order valence-electron chi connectivity index (χ1n) is 8.40. The Labute approximate surface area is 154 Å². The first-order valence-corrected chi connectivity index (χ1v) is 9.94. The lowest BCUT2D eigenvalue weighted by Crippen LogP contribution is -2.27. The zero-order chi connectivity index (χ0) is 19.7. The number of aromatic nitrogens is 2. The molecular weight excluding hydrogens is 352 g/mol. The normalized spacial score (nSPS) is 12.4. The Balaban J connectivity index is 2.19. The fourth-order valence-corrected chi connectivity index (χ4v) is 3.14. The quantitative estimate of drug-likeness (QED) is 0.832. The molecular formula is C18H26N4O3S. The standard InChI is InChI=1S/C18H26N4O3S/c1-12(2)16-10-15(21-22(16)18(3,4)5)17(23)20-11-13-7-6-8-14(9-13)26(19,24)25/h6-10,12H,11H2,1-5H3,(H,20,23)(H2,19,24,25). The van der Waals surface area contributed by atoms with E-state index in [2.05, 4.69) is 24.3 Å². The summed E-state index contributed by atoms with van der Waals surface area (Å²) in [5, 5.41) is 12.4. The van der Waals surface area contributed by atoms with Crippen LogP contribution in [-0.4, -0.2) is 24.1 Å². The van der Waals surface area contributed by atoms with Crippen LogP contribution in [0.1, 0.15) is 62.3 Å². The van der Waals surface area contributed by atoms with Crippen molar-refractivity contribution >= 4 is 15.9 Å². The number of benzene rings is 1. The number of hydrogen-bond acceptors (Lipinski definition) is 4. The van der Waals surface area contributed by atoms with Crippen LogP contribution in [-0.2, 0) is 22.1 Å². The summed E-state index contributed by atoms with van der Waals surface area (Å²) in [4.78, 5) is 12.5. The summed E-state index contributed by atoms with van der Waals surface area (Å²) in [6, 6.07) is 7.98. The van der Waals surface area contributed by atoms with E-state index >= 15 is 0 Å². The summed E-state index contributed by atoms with van der Waals surface area (Å²) >= 11 is 0. The number of rotatable bonds is 5. The summed E-state index contributed by atoms with van der Waals surface area (Å²) in [5.41, 5.74) is 1.73. The largest absolute Gasteiger partial charge is 0.347 e. The molecule has 26 heavy (non-hydrogen) atoms. The highest BCUT2D eigenvalue weighted by atomic mass is 32.2. The van der Waals surface area contributed by atoms with Gasteiger partial charge >= 0.3 is 0 Å². The number of nitrogens with zero attached hydrogens (tertiary/aromatic N) is 2. The third-order valence-corrected chi connectivity index (χ3v) is 4.79. The number of hydrogen-bond donors (Lipinski definition) is 2. The van der Waals surface area contributed by atoms with E-state index in [1.165, 1.54) is 12.1 Å². The van der Waals surface area contributed by atoms with Crippen LogP contribution in [0.2, 0.25) is 0 Å². The maximum atomic E-state index is 12.5. The number of carbonyl (C=O) groups excluding carboxylic acids is 1. The molecule has 0 fully saturated rings. The van der Waals surface area contributed by atoms with Crippen molar-refractivity contribution in [1.29, 1.82) is 0 Å². The lowest BCUT2D eigenvalue weighted by atomic mass is 10.1. The van der Waals surface area contributed by atoms with Crippen molar-refractivity contribution in [2.24, 2.45) is 5.14 Å². The molecule has 0 bridgehead atoms. The Morgan fingerprint density at radius 3 is 2.42 bits per heavy atom. The van der Waals surface area contributed by atoms with Gasteiger partial charge in [0.1, 0.15) is 5.69 Å². The van der Waals surface area contributed by atoms with Crippen molar-refractivity contribution in [1.82, 2.24) is 15.1 Å². The fourth-order valence-electron chi connectivity index (χ4n) is 2.56. The van der Waals surface area contributed by atoms with Gasteiger partial charge in [-0.1, -0.05) is 26.0 Å². The van der Waals surface area contributed by atoms with Crippen LogP contribution >= 0.6 is 0 Å². The molecule has 142 valence electrons. The van der Waals surface area contributed by atoms with Gasteiger partial charge in [-0.3, -0.25) is 9.48 Å². The Hall–Kier alpha value is -2.19. The second-order valence-corrected chi connectivity index (χ2v) is 9.13. The fraction of sp³-hybridized carbons (Fsp3) is 0.444. The maximum absolute atomic E-state index is 12.5. The highest BCUT2D eigenvalue weighted by molar-refractivity contribution is 7.89. The van der Waals surface area contributed by atoms with Gasteiger partial charge in [0.05, 0.1) is 10.4 Å². The predicted molar refractivity (Wildman–Crippen MR) is 100 cm³/mol. The van der Waals surface area contributed by atoms with Crippen molar-refractivity contribution in [3.8, 4) is 0 Å². The first-order chi connectivity index (χ1) is 11.9. The Kier molecular flexibility index (Phi) is 5.58. The molecule has 0 aliphatic rings. The van der Waals surface area contributed by atoms with E-state index in [9.17, 15) is 13.2 Å². The average molecular weight is 378 g/mol. The molecule has 0 aliphatic heterocycles. The van der Waals surface area contributed by atoms with Crippen molar-refractivity contribution in [3.63, 3.8) is 0 Å². The van der Waals surface area contributed by atoms with Crippen LogP contribution in [0.3, 0.4) is 0 Å². The predicted octanol–water partition coefficient (Wildman–Crippen LogP) is 2.34. The number of nitrogens with two attached hydrogens (primary N) is 1. The van der Waals surface area contributed by atoms with E-state index in [0.717, 1.165) is 5.69 Å². The molecule has 2 rings (SSSR count). The van der Waals surface area contributed by atoms with Crippen LogP contribution in [0.15, 0.2) is 35.2 Å². The third kappa shape index (κ3) is 4.70. The van der Waals surface area contributed by atoms with Gasteiger partial charge in [-0.2, -0.15) is 5.10 Å². The van der Waals surface area contributed by atoms with E-state index in [-0.39, 0.29) is 28.8 Å². The monoisotopic (exact) mass is 378 g/mol. The lowest BCUT2D eigenvalue weighted by molar-refractivity contribution is 0.0944. The van der Waals surface area contributed by atoms with Gasteiger partial charge in [0.2, 0.25) is 10.0 Å². The summed E-state index contributed by atoms with van der Waals surface area (Å²) in [5.74, 6) is -0.0781. The SMILES string of the molecule is CC(C)c1cc(C(=O)NCc2cccc(S(N)(=O)=O)c2)nn1C(C)(C)C. The van der Waals surface area contributed by atoms with Crippen LogP contribution in [0, 0.1) is 0 Å². The zero-order valence-electron chi connectivity index (χ0n) is 15.8. The molecule has 8 heteroatoms. The van der Waals surface area contributed by atoms with Crippen molar-refractivity contribution < 1.29 is 13.2 Å². The zero-order valence-corrected chi connectivity index (χ0v) is 16.6. The van der Waals surface area contributed by atoms with Gasteiger partial charge in [0.15, 0.2) is 0 Å². The Morgan fingerprint density at radius 2 is 1.92 bits per heavy atom. The molecule has 1 amide bonds. The molecule has 7 nitrogen and oxygen atoms in total. The number of amides is 1. The van der Waals surface area contributed by atoms with Crippen molar-refractivity contribution in [3.05, 3.63) is 47.3 Å². The summed E-state index contributed by atoms with van der Waals surface area (Å²) in [6.45, 7) is 10.4. The van der Waals surface area contributed by atoms with Gasteiger partial charge in [0.25, 0.3) is 5.91 Å². The highest BCUT2D eigenvalue weighted by Crippen LogP contribution is 2.23. The number of primary sulfonamides is 1. The molecule has 1 aromatic heterocycles. The van der Waals surface area contributed by atoms with Gasteiger partial charge in [-0.05, 0) is 50.5 Å². The summed E-state index contributed by atoms with van der Waals surface area (Å²) < 4.78 is 24.7. The first kappa shape index (κ1) is 20.1. The number of sulfonamides is 1. The molecule has 0 aliphatic carbocycles. The van der Waals surface area contributed by atoms with E-state index in [1.54, 1.807) is 18.2 Å². The molecule has 0 atom stereocenters. The molecule has 1 heterocycles. The molecule has 0 saturated heterocycles. The third-order valence-electron chi connectivity index (χ3n) is 3.88. The Bertz CT molecular complexity index is 909. The van der Waals surface area contributed by atoms with Gasteiger partial charge in [0, 0.05) is 12.2 Å². The van der Waals surface area contributed by atoms with Crippen molar-refractivity contribution in [2.45, 2.75) is 57.5 Å². The second-order valence-electron chi connectivity index (χ2n) is 7.57. The van der Waals surface area contributed by atoms with Crippen molar-refractivity contribution in [2.75, 3.05) is 0 Å². The van der Waals surface area contributed by atoms with Gasteiger partial charge < -0.3 is 5.32 Å². The molecule has 0 radical (unpaired) electrons. The lowest BCUT2D eigenvalue weighted by Gasteiger charge is -2.23. The topological polar surface area (TPSA) is 107 Å². The van der Waals surface area contributed by atoms with E-state index in [4.69, 9.17) is 5.14 Å². The molecule has 3 N–H and O–H groups in total.